The molecule has 2 fully saturated rings. The van der Waals surface area contributed by atoms with Gasteiger partial charge in [-0.15, -0.1) is 0 Å². The summed E-state index contributed by atoms with van der Waals surface area (Å²) in [6.07, 6.45) is 1.71. The molecule has 176 valence electrons. The number of aliphatic hydroxyl groups excluding tert-OH is 2. The van der Waals surface area contributed by atoms with Crippen molar-refractivity contribution in [2.75, 3.05) is 19.6 Å². The van der Waals surface area contributed by atoms with Crippen LogP contribution in [-0.2, 0) is 0 Å². The number of hydrogen-bond donors (Lipinski definition) is 2. The second-order valence-corrected chi connectivity index (χ2v) is 9.26. The van der Waals surface area contributed by atoms with Gasteiger partial charge in [0.1, 0.15) is 6.23 Å². The highest BCUT2D eigenvalue weighted by Crippen LogP contribution is 2.39. The number of carbonyl (C=O) groups is 4. The SMILES string of the molecule is O=C1c2ccc3c4c(ccc(c24)C(=O)N1N1CCCC(O)C1)C(=O)N(N1CCCCC1O)C3=O. The molecule has 2 unspecified atom stereocenters. The Balaban J connectivity index is 1.48. The van der Waals surface area contributed by atoms with E-state index in [-0.39, 0.29) is 28.8 Å². The van der Waals surface area contributed by atoms with Crippen LogP contribution in [0.4, 0.5) is 0 Å². The van der Waals surface area contributed by atoms with Crippen molar-refractivity contribution in [3.8, 4) is 0 Å². The molecule has 10 heteroatoms. The normalized spacial score (nSPS) is 26.1. The first-order chi connectivity index (χ1) is 16.4. The topological polar surface area (TPSA) is 122 Å². The average molecular weight is 464 g/mol. The van der Waals surface area contributed by atoms with E-state index in [4.69, 9.17) is 0 Å². The summed E-state index contributed by atoms with van der Waals surface area (Å²) in [6.45, 7) is 1.02. The van der Waals surface area contributed by atoms with Crippen LogP contribution in [0.15, 0.2) is 24.3 Å². The molecule has 0 aromatic heterocycles. The molecule has 2 saturated heterocycles. The first-order valence-corrected chi connectivity index (χ1v) is 11.6. The molecule has 4 heterocycles. The number of β-amino-alcohol motifs (C(OH)–C–C–N with tert-alkyl or cyclic N) is 1. The molecule has 2 atom stereocenters. The predicted molar refractivity (Wildman–Crippen MR) is 118 cm³/mol. The quantitative estimate of drug-likeness (QED) is 0.635. The van der Waals surface area contributed by atoms with Crippen LogP contribution in [0.3, 0.4) is 0 Å². The van der Waals surface area contributed by atoms with Crippen molar-refractivity contribution in [3.63, 3.8) is 0 Å². The second-order valence-electron chi connectivity index (χ2n) is 9.26. The van der Waals surface area contributed by atoms with E-state index in [9.17, 15) is 29.4 Å². The van der Waals surface area contributed by atoms with Gasteiger partial charge in [0.05, 0.1) is 28.4 Å². The van der Waals surface area contributed by atoms with Crippen LogP contribution in [0.1, 0.15) is 73.5 Å². The van der Waals surface area contributed by atoms with Crippen LogP contribution in [0.2, 0.25) is 0 Å². The maximum Gasteiger partial charge on any atom is 0.276 e. The van der Waals surface area contributed by atoms with Crippen LogP contribution >= 0.6 is 0 Å². The maximum absolute atomic E-state index is 13.4. The van der Waals surface area contributed by atoms with Gasteiger partial charge < -0.3 is 10.2 Å². The Hall–Kier alpha value is -3.18. The Morgan fingerprint density at radius 2 is 1.18 bits per heavy atom. The minimum Gasteiger partial charge on any atom is -0.392 e. The standard InChI is InChI=1S/C24H24N4O6/c29-13-4-3-10-25(12-13)27-21(31)14-6-8-16-20-17(9-7-15(19(14)20)22(27)32)24(34)28(23(16)33)26-11-2-1-5-18(26)30/h6-9,13,18,29-30H,1-5,10-12H2. The van der Waals surface area contributed by atoms with Gasteiger partial charge in [-0.3, -0.25) is 19.2 Å². The van der Waals surface area contributed by atoms with Gasteiger partial charge in [0.25, 0.3) is 23.6 Å². The van der Waals surface area contributed by atoms with E-state index in [0.717, 1.165) is 22.9 Å². The first kappa shape index (κ1) is 21.4. The van der Waals surface area contributed by atoms with Gasteiger partial charge in [-0.05, 0) is 56.4 Å². The van der Waals surface area contributed by atoms with E-state index >= 15 is 0 Å². The second kappa shape index (κ2) is 7.67. The van der Waals surface area contributed by atoms with Crippen LogP contribution < -0.4 is 0 Å². The fraction of sp³-hybridized carbons (Fsp3) is 0.417. The number of piperidine rings is 2. The Kier molecular flexibility index (Phi) is 4.82. The van der Waals surface area contributed by atoms with Crippen molar-refractivity contribution < 1.29 is 29.4 Å². The fourth-order valence-electron chi connectivity index (χ4n) is 5.59. The largest absolute Gasteiger partial charge is 0.392 e. The Bertz CT molecular complexity index is 1210. The minimum atomic E-state index is -0.937. The van der Waals surface area contributed by atoms with E-state index in [1.165, 1.54) is 29.3 Å². The third-order valence-electron chi connectivity index (χ3n) is 7.21. The zero-order valence-corrected chi connectivity index (χ0v) is 18.4. The first-order valence-electron chi connectivity index (χ1n) is 11.6. The van der Waals surface area contributed by atoms with Crippen molar-refractivity contribution in [2.45, 2.75) is 44.4 Å². The van der Waals surface area contributed by atoms with Gasteiger partial charge in [0, 0.05) is 30.4 Å². The lowest BCUT2D eigenvalue weighted by atomic mass is 9.86. The molecule has 2 aromatic rings. The molecule has 4 aliphatic rings. The summed E-state index contributed by atoms with van der Waals surface area (Å²) in [6, 6.07) is 6.07. The Labute approximate surface area is 194 Å². The monoisotopic (exact) mass is 464 g/mol. The lowest BCUT2D eigenvalue weighted by molar-refractivity contribution is -0.117. The third kappa shape index (κ3) is 2.89. The van der Waals surface area contributed by atoms with Crippen LogP contribution in [0.5, 0.6) is 0 Å². The van der Waals surface area contributed by atoms with E-state index in [2.05, 4.69) is 0 Å². The fourth-order valence-corrected chi connectivity index (χ4v) is 5.59. The number of imide groups is 2. The lowest BCUT2D eigenvalue weighted by Gasteiger charge is -2.42. The van der Waals surface area contributed by atoms with Crippen molar-refractivity contribution in [1.29, 1.82) is 0 Å². The zero-order valence-electron chi connectivity index (χ0n) is 18.4. The number of hydrogen-bond acceptors (Lipinski definition) is 8. The predicted octanol–water partition coefficient (Wildman–Crippen LogP) is 1.12. The zero-order chi connectivity index (χ0) is 23.7. The number of aliphatic hydroxyl groups is 2. The molecule has 4 aliphatic heterocycles. The summed E-state index contributed by atoms with van der Waals surface area (Å²) in [4.78, 5) is 53.7. The third-order valence-corrected chi connectivity index (χ3v) is 7.21. The number of amides is 4. The molecule has 0 radical (unpaired) electrons. The molecule has 0 bridgehead atoms. The van der Waals surface area contributed by atoms with E-state index < -0.39 is 36.0 Å². The van der Waals surface area contributed by atoms with Gasteiger partial charge in [-0.25, -0.2) is 10.0 Å². The van der Waals surface area contributed by atoms with E-state index in [0.29, 0.717) is 43.1 Å². The highest BCUT2D eigenvalue weighted by Gasteiger charge is 2.44. The van der Waals surface area contributed by atoms with Crippen LogP contribution in [0.25, 0.3) is 10.8 Å². The molecule has 0 saturated carbocycles. The van der Waals surface area contributed by atoms with Gasteiger partial charge in [-0.2, -0.15) is 10.0 Å². The molecule has 4 amide bonds. The molecule has 34 heavy (non-hydrogen) atoms. The molecule has 0 spiro atoms. The van der Waals surface area contributed by atoms with Crippen molar-refractivity contribution >= 4 is 34.4 Å². The van der Waals surface area contributed by atoms with E-state index in [1.54, 1.807) is 5.01 Å². The van der Waals surface area contributed by atoms with E-state index in [1.807, 2.05) is 0 Å². The molecule has 2 N–H and O–H groups in total. The summed E-state index contributed by atoms with van der Waals surface area (Å²) in [5, 5.41) is 26.1. The summed E-state index contributed by atoms with van der Waals surface area (Å²) in [7, 11) is 0. The summed E-state index contributed by atoms with van der Waals surface area (Å²) in [5.41, 5.74) is 0.912. The molecule has 0 aliphatic carbocycles. The molecular weight excluding hydrogens is 440 g/mol. The maximum atomic E-state index is 13.4. The molecule has 6 rings (SSSR count). The number of nitrogens with zero attached hydrogens (tertiary/aromatic N) is 4. The average Bonchev–Trinajstić information content (AvgIpc) is 2.82. The summed E-state index contributed by atoms with van der Waals surface area (Å²) >= 11 is 0. The highest BCUT2D eigenvalue weighted by molar-refractivity contribution is 6.33. The van der Waals surface area contributed by atoms with Gasteiger partial charge in [0.15, 0.2) is 0 Å². The number of benzene rings is 2. The number of carbonyl (C=O) groups excluding carboxylic acids is 4. The summed E-state index contributed by atoms with van der Waals surface area (Å²) < 4.78 is 0. The highest BCUT2D eigenvalue weighted by atomic mass is 16.3. The van der Waals surface area contributed by atoms with Crippen molar-refractivity contribution in [2.24, 2.45) is 0 Å². The van der Waals surface area contributed by atoms with Crippen LogP contribution in [0, 0.1) is 0 Å². The molecule has 2 aromatic carbocycles. The van der Waals surface area contributed by atoms with Crippen molar-refractivity contribution in [1.82, 2.24) is 20.0 Å². The Morgan fingerprint density at radius 1 is 0.647 bits per heavy atom. The van der Waals surface area contributed by atoms with Crippen molar-refractivity contribution in [3.05, 3.63) is 46.5 Å². The van der Waals surface area contributed by atoms with Crippen LogP contribution in [-0.4, -0.2) is 85.8 Å². The minimum absolute atomic E-state index is 0.177. The Morgan fingerprint density at radius 3 is 1.68 bits per heavy atom. The summed E-state index contributed by atoms with van der Waals surface area (Å²) in [5.74, 6) is -2.24. The molecular formula is C24H24N4O6. The number of rotatable bonds is 2. The van der Waals surface area contributed by atoms with Gasteiger partial charge in [-0.1, -0.05) is 0 Å². The number of hydrazine groups is 2. The lowest BCUT2D eigenvalue weighted by Crippen LogP contribution is -2.58. The smallest absolute Gasteiger partial charge is 0.276 e. The van der Waals surface area contributed by atoms with Gasteiger partial charge in [0.2, 0.25) is 0 Å². The van der Waals surface area contributed by atoms with Gasteiger partial charge >= 0.3 is 0 Å². The molecule has 10 nitrogen and oxygen atoms in total.